The minimum absolute atomic E-state index is 0.0686. The fraction of sp³-hybridized carbons (Fsp3) is 0.176. The Hall–Kier alpha value is -2.60. The second kappa shape index (κ2) is 5.55. The summed E-state index contributed by atoms with van der Waals surface area (Å²) in [6, 6.07) is 9.92. The third kappa shape index (κ3) is 2.41. The Balaban J connectivity index is 1.67. The summed E-state index contributed by atoms with van der Waals surface area (Å²) in [4.78, 5) is 27.5. The van der Waals surface area contributed by atoms with Crippen molar-refractivity contribution in [1.82, 2.24) is 15.0 Å². The predicted octanol–water partition coefficient (Wildman–Crippen LogP) is 3.19. The minimum atomic E-state index is -0.0686. The first kappa shape index (κ1) is 14.0. The highest BCUT2D eigenvalue weighted by Gasteiger charge is 2.32. The highest BCUT2D eigenvalue weighted by molar-refractivity contribution is 7.13. The fourth-order valence-corrected chi connectivity index (χ4v) is 3.62. The molecule has 1 aliphatic rings. The van der Waals surface area contributed by atoms with Gasteiger partial charge in [-0.05, 0) is 31.0 Å². The van der Waals surface area contributed by atoms with E-state index in [-0.39, 0.29) is 11.9 Å². The molecule has 1 atom stereocenters. The van der Waals surface area contributed by atoms with Crippen molar-refractivity contribution in [1.29, 1.82) is 0 Å². The Morgan fingerprint density at radius 2 is 2.00 bits per heavy atom. The molecule has 5 nitrogen and oxygen atoms in total. The number of benzene rings is 1. The smallest absolute Gasteiger partial charge is 0.278 e. The summed E-state index contributed by atoms with van der Waals surface area (Å²) >= 11 is 1.39. The number of nitrogens with zero attached hydrogens (tertiary/aromatic N) is 4. The third-order valence-electron chi connectivity index (χ3n) is 3.91. The molecular formula is C17H14N4OS. The first-order valence-corrected chi connectivity index (χ1v) is 8.26. The minimum Gasteiger partial charge on any atom is -0.304 e. The Labute approximate surface area is 137 Å². The van der Waals surface area contributed by atoms with Crippen LogP contribution < -0.4 is 4.90 Å². The molecule has 4 rings (SSSR count). The standard InChI is InChI=1S/C17H14N4OS/c1-11-9-12-5-2-3-6-14(12)21(11)17(22)13-10-23-16(20-13)15-18-7-4-8-19-15/h2-8,10-11H,9H2,1H3. The lowest BCUT2D eigenvalue weighted by molar-refractivity contribution is 0.0977. The molecule has 23 heavy (non-hydrogen) atoms. The van der Waals surface area contributed by atoms with Crippen molar-refractivity contribution in [3.63, 3.8) is 0 Å². The summed E-state index contributed by atoms with van der Waals surface area (Å²) < 4.78 is 0. The van der Waals surface area contributed by atoms with Crippen molar-refractivity contribution in [3.8, 4) is 10.8 Å². The maximum absolute atomic E-state index is 12.9. The number of carbonyl (C=O) groups is 1. The second-order valence-corrected chi connectivity index (χ2v) is 6.33. The van der Waals surface area contributed by atoms with Crippen molar-refractivity contribution in [2.45, 2.75) is 19.4 Å². The molecule has 1 unspecified atom stereocenters. The Morgan fingerprint density at radius 1 is 1.22 bits per heavy atom. The lowest BCUT2D eigenvalue weighted by Crippen LogP contribution is -2.35. The van der Waals surface area contributed by atoms with E-state index < -0.39 is 0 Å². The van der Waals surface area contributed by atoms with Gasteiger partial charge in [-0.25, -0.2) is 15.0 Å². The van der Waals surface area contributed by atoms with Crippen LogP contribution in [0, 0.1) is 0 Å². The summed E-state index contributed by atoms with van der Waals surface area (Å²) in [5, 5.41) is 2.44. The zero-order valence-electron chi connectivity index (χ0n) is 12.5. The van der Waals surface area contributed by atoms with E-state index in [2.05, 4.69) is 27.9 Å². The molecule has 2 aromatic heterocycles. The van der Waals surface area contributed by atoms with Crippen LogP contribution in [0.3, 0.4) is 0 Å². The molecule has 1 aromatic carbocycles. The van der Waals surface area contributed by atoms with Crippen LogP contribution in [-0.4, -0.2) is 26.9 Å². The molecule has 0 radical (unpaired) electrons. The molecule has 0 aliphatic carbocycles. The third-order valence-corrected chi connectivity index (χ3v) is 4.74. The maximum atomic E-state index is 12.9. The fourth-order valence-electron chi connectivity index (χ4n) is 2.88. The van der Waals surface area contributed by atoms with Gasteiger partial charge in [0.1, 0.15) is 5.69 Å². The SMILES string of the molecule is CC1Cc2ccccc2N1C(=O)c1csc(-c2ncccn2)n1. The lowest BCUT2D eigenvalue weighted by Gasteiger charge is -2.21. The van der Waals surface area contributed by atoms with Crippen LogP contribution in [0.25, 0.3) is 10.8 Å². The molecule has 0 saturated heterocycles. The molecule has 1 aliphatic heterocycles. The summed E-state index contributed by atoms with van der Waals surface area (Å²) in [5.41, 5.74) is 2.63. The topological polar surface area (TPSA) is 59.0 Å². The van der Waals surface area contributed by atoms with Gasteiger partial charge in [-0.3, -0.25) is 4.79 Å². The van der Waals surface area contributed by atoms with Gasteiger partial charge in [0.15, 0.2) is 10.8 Å². The van der Waals surface area contributed by atoms with Gasteiger partial charge in [0.2, 0.25) is 0 Å². The van der Waals surface area contributed by atoms with Crippen molar-refractivity contribution < 1.29 is 4.79 Å². The number of rotatable bonds is 2. The van der Waals surface area contributed by atoms with Crippen LogP contribution in [-0.2, 0) is 6.42 Å². The van der Waals surface area contributed by atoms with Crippen LogP contribution in [0.5, 0.6) is 0 Å². The number of carbonyl (C=O) groups excluding carboxylic acids is 1. The Kier molecular flexibility index (Phi) is 3.38. The highest BCUT2D eigenvalue weighted by Crippen LogP contribution is 2.33. The van der Waals surface area contributed by atoms with E-state index >= 15 is 0 Å². The lowest BCUT2D eigenvalue weighted by atomic mass is 10.1. The summed E-state index contributed by atoms with van der Waals surface area (Å²) in [5.74, 6) is 0.479. The normalized spacial score (nSPS) is 16.4. The molecule has 0 saturated carbocycles. The van der Waals surface area contributed by atoms with Crippen molar-refractivity contribution >= 4 is 22.9 Å². The molecule has 6 heteroatoms. The highest BCUT2D eigenvalue weighted by atomic mass is 32.1. The van der Waals surface area contributed by atoms with E-state index in [0.29, 0.717) is 16.5 Å². The summed E-state index contributed by atoms with van der Waals surface area (Å²) in [6.07, 6.45) is 4.22. The molecule has 0 spiro atoms. The van der Waals surface area contributed by atoms with Crippen molar-refractivity contribution in [2.24, 2.45) is 0 Å². The number of para-hydroxylation sites is 1. The van der Waals surface area contributed by atoms with Crippen LogP contribution in [0.1, 0.15) is 23.0 Å². The maximum Gasteiger partial charge on any atom is 0.278 e. The molecule has 3 aromatic rings. The molecular weight excluding hydrogens is 308 g/mol. The first-order valence-electron chi connectivity index (χ1n) is 7.38. The average Bonchev–Trinajstić information content (AvgIpc) is 3.19. The second-order valence-electron chi connectivity index (χ2n) is 5.47. The van der Waals surface area contributed by atoms with E-state index in [0.717, 1.165) is 12.1 Å². The number of anilines is 1. The van der Waals surface area contributed by atoms with Gasteiger partial charge >= 0.3 is 0 Å². The summed E-state index contributed by atoms with van der Waals surface area (Å²) in [7, 11) is 0. The van der Waals surface area contributed by atoms with Crippen LogP contribution in [0.4, 0.5) is 5.69 Å². The number of hydrogen-bond acceptors (Lipinski definition) is 5. The quantitative estimate of drug-likeness (QED) is 0.727. The van der Waals surface area contributed by atoms with E-state index in [1.807, 2.05) is 23.1 Å². The molecule has 1 amide bonds. The number of amides is 1. The first-order chi connectivity index (χ1) is 11.2. The Morgan fingerprint density at radius 3 is 2.83 bits per heavy atom. The predicted molar refractivity (Wildman–Crippen MR) is 89.6 cm³/mol. The van der Waals surface area contributed by atoms with E-state index in [9.17, 15) is 4.79 Å². The van der Waals surface area contributed by atoms with Gasteiger partial charge in [-0.1, -0.05) is 18.2 Å². The number of aromatic nitrogens is 3. The van der Waals surface area contributed by atoms with E-state index in [1.165, 1.54) is 16.9 Å². The van der Waals surface area contributed by atoms with Crippen LogP contribution >= 0.6 is 11.3 Å². The van der Waals surface area contributed by atoms with Gasteiger partial charge in [0.25, 0.3) is 5.91 Å². The number of hydrogen-bond donors (Lipinski definition) is 0. The van der Waals surface area contributed by atoms with Gasteiger partial charge in [0.05, 0.1) is 0 Å². The zero-order valence-corrected chi connectivity index (χ0v) is 13.3. The monoisotopic (exact) mass is 322 g/mol. The molecule has 0 N–H and O–H groups in total. The Bertz CT molecular complexity index is 862. The molecule has 3 heterocycles. The summed E-state index contributed by atoms with van der Waals surface area (Å²) in [6.45, 7) is 2.06. The molecule has 0 fully saturated rings. The van der Waals surface area contributed by atoms with Crippen molar-refractivity contribution in [3.05, 3.63) is 59.4 Å². The van der Waals surface area contributed by atoms with E-state index in [1.54, 1.807) is 23.8 Å². The van der Waals surface area contributed by atoms with Gasteiger partial charge < -0.3 is 4.90 Å². The van der Waals surface area contributed by atoms with E-state index in [4.69, 9.17) is 0 Å². The molecule has 0 bridgehead atoms. The molecule has 114 valence electrons. The number of thiazole rings is 1. The van der Waals surface area contributed by atoms with Crippen LogP contribution in [0.15, 0.2) is 48.1 Å². The van der Waals surface area contributed by atoms with Crippen molar-refractivity contribution in [2.75, 3.05) is 4.90 Å². The number of fused-ring (bicyclic) bond motifs is 1. The largest absolute Gasteiger partial charge is 0.304 e. The zero-order chi connectivity index (χ0) is 15.8. The average molecular weight is 322 g/mol. The van der Waals surface area contributed by atoms with Crippen LogP contribution in [0.2, 0.25) is 0 Å². The van der Waals surface area contributed by atoms with Gasteiger partial charge in [-0.15, -0.1) is 11.3 Å². The van der Waals surface area contributed by atoms with Gasteiger partial charge in [-0.2, -0.15) is 0 Å². The van der Waals surface area contributed by atoms with Gasteiger partial charge in [0, 0.05) is 29.5 Å².